The van der Waals surface area contributed by atoms with Crippen LogP contribution >= 0.6 is 12.4 Å². The summed E-state index contributed by atoms with van der Waals surface area (Å²) in [5, 5.41) is 21.3. The minimum atomic E-state index is -0.216. The number of aryl methyl sites for hydroxylation is 1. The molecule has 1 amide bonds. The Hall–Kier alpha value is -2.71. The van der Waals surface area contributed by atoms with Gasteiger partial charge < -0.3 is 15.2 Å². The Morgan fingerprint density at radius 3 is 3.04 bits per heavy atom. The lowest BCUT2D eigenvalue weighted by molar-refractivity contribution is 0.102. The molecule has 0 fully saturated rings. The van der Waals surface area contributed by atoms with Gasteiger partial charge in [-0.15, -0.1) is 22.6 Å². The fraction of sp³-hybridized carbons (Fsp3) is 0.250. The van der Waals surface area contributed by atoms with Crippen molar-refractivity contribution in [2.75, 3.05) is 11.9 Å². The van der Waals surface area contributed by atoms with Gasteiger partial charge in [-0.3, -0.25) is 9.89 Å². The van der Waals surface area contributed by atoms with Crippen molar-refractivity contribution in [1.82, 2.24) is 30.3 Å². The highest BCUT2D eigenvalue weighted by Gasteiger charge is 2.21. The molecule has 1 aromatic carbocycles. The van der Waals surface area contributed by atoms with Gasteiger partial charge in [-0.2, -0.15) is 5.10 Å². The van der Waals surface area contributed by atoms with Crippen molar-refractivity contribution in [2.45, 2.75) is 13.0 Å². The second-order valence-electron chi connectivity index (χ2n) is 5.76. The second kappa shape index (κ2) is 7.04. The van der Waals surface area contributed by atoms with E-state index in [0.29, 0.717) is 17.9 Å². The minimum Gasteiger partial charge on any atom is -0.321 e. The van der Waals surface area contributed by atoms with E-state index in [9.17, 15) is 4.79 Å². The topological polar surface area (TPSA) is 101 Å². The molecule has 25 heavy (non-hydrogen) atoms. The van der Waals surface area contributed by atoms with Crippen LogP contribution < -0.4 is 10.6 Å². The molecule has 3 N–H and O–H groups in total. The van der Waals surface area contributed by atoms with Crippen LogP contribution in [-0.2, 0) is 20.0 Å². The third-order valence-corrected chi connectivity index (χ3v) is 4.11. The molecule has 4 rings (SSSR count). The Kier molecular flexibility index (Phi) is 4.82. The molecule has 0 spiro atoms. The number of benzene rings is 1. The summed E-state index contributed by atoms with van der Waals surface area (Å²) in [7, 11) is 1.88. The number of nitrogens with zero attached hydrogens (tertiary/aromatic N) is 4. The van der Waals surface area contributed by atoms with E-state index < -0.39 is 0 Å². The predicted molar refractivity (Wildman–Crippen MR) is 95.6 cm³/mol. The third-order valence-electron chi connectivity index (χ3n) is 4.11. The summed E-state index contributed by atoms with van der Waals surface area (Å²) in [5.74, 6) is 0.527. The molecule has 0 aliphatic carbocycles. The van der Waals surface area contributed by atoms with Crippen LogP contribution in [0.4, 0.5) is 5.69 Å². The maximum Gasteiger partial charge on any atom is 0.276 e. The number of anilines is 1. The summed E-state index contributed by atoms with van der Waals surface area (Å²) < 4.78 is 1.83. The molecule has 0 unspecified atom stereocenters. The number of halogens is 1. The highest BCUT2D eigenvalue weighted by molar-refractivity contribution is 6.04. The molecule has 0 bridgehead atoms. The third kappa shape index (κ3) is 3.26. The number of aromatic nitrogens is 5. The highest BCUT2D eigenvalue weighted by Crippen LogP contribution is 2.21. The zero-order valence-electron chi connectivity index (χ0n) is 13.6. The number of hydrogen-bond acceptors (Lipinski definition) is 5. The Morgan fingerprint density at radius 2 is 2.24 bits per heavy atom. The molecule has 1 aliphatic heterocycles. The second-order valence-corrected chi connectivity index (χ2v) is 5.76. The summed E-state index contributed by atoms with van der Waals surface area (Å²) in [6.07, 6.45) is 2.50. The van der Waals surface area contributed by atoms with Crippen LogP contribution in [0.25, 0.3) is 11.4 Å². The number of fused-ring (bicyclic) bond motifs is 1. The summed E-state index contributed by atoms with van der Waals surface area (Å²) >= 11 is 0. The van der Waals surface area contributed by atoms with Gasteiger partial charge in [0.25, 0.3) is 5.91 Å². The van der Waals surface area contributed by atoms with Crippen LogP contribution in [0.15, 0.2) is 30.6 Å². The molecule has 8 nitrogen and oxygen atoms in total. The van der Waals surface area contributed by atoms with Crippen molar-refractivity contribution in [3.05, 3.63) is 47.5 Å². The largest absolute Gasteiger partial charge is 0.321 e. The van der Waals surface area contributed by atoms with Crippen LogP contribution in [0.1, 0.15) is 21.7 Å². The van der Waals surface area contributed by atoms with Gasteiger partial charge in [-0.1, -0.05) is 12.1 Å². The molecule has 0 saturated carbocycles. The fourth-order valence-electron chi connectivity index (χ4n) is 2.88. The van der Waals surface area contributed by atoms with Crippen LogP contribution in [0.2, 0.25) is 0 Å². The molecule has 0 radical (unpaired) electrons. The van der Waals surface area contributed by atoms with Gasteiger partial charge in [0.05, 0.1) is 0 Å². The van der Waals surface area contributed by atoms with Crippen LogP contribution in [0, 0.1) is 0 Å². The van der Waals surface area contributed by atoms with Gasteiger partial charge in [-0.25, -0.2) is 0 Å². The van der Waals surface area contributed by atoms with Crippen molar-refractivity contribution in [2.24, 2.45) is 7.05 Å². The number of carbonyl (C=O) groups is 1. The maximum absolute atomic E-state index is 12.6. The normalized spacial score (nSPS) is 13.0. The summed E-state index contributed by atoms with van der Waals surface area (Å²) in [5.41, 5.74) is 4.01. The van der Waals surface area contributed by atoms with Gasteiger partial charge >= 0.3 is 0 Å². The van der Waals surface area contributed by atoms with E-state index in [2.05, 4.69) is 31.0 Å². The van der Waals surface area contributed by atoms with Crippen molar-refractivity contribution in [1.29, 1.82) is 0 Å². The van der Waals surface area contributed by atoms with E-state index in [1.54, 1.807) is 6.33 Å². The lowest BCUT2D eigenvalue weighted by Crippen LogP contribution is -2.25. The Morgan fingerprint density at radius 1 is 1.36 bits per heavy atom. The number of rotatable bonds is 3. The average molecular weight is 360 g/mol. The number of H-pyrrole nitrogens is 1. The standard InChI is InChI=1S/C16H17N7O.ClH/c1-23-9-18-22-15(23)10-3-2-4-11(7-10)19-16(24)14-12-8-17-6-5-13(12)20-21-14;/h2-4,7,9,17H,5-6,8H2,1H3,(H,19,24)(H,20,21);1H. The van der Waals surface area contributed by atoms with E-state index >= 15 is 0 Å². The van der Waals surface area contributed by atoms with Crippen LogP contribution in [-0.4, -0.2) is 37.4 Å². The first-order chi connectivity index (χ1) is 11.7. The van der Waals surface area contributed by atoms with E-state index in [4.69, 9.17) is 0 Å². The van der Waals surface area contributed by atoms with Crippen molar-refractivity contribution < 1.29 is 4.79 Å². The van der Waals surface area contributed by atoms with Crippen molar-refractivity contribution >= 4 is 24.0 Å². The van der Waals surface area contributed by atoms with E-state index in [1.807, 2.05) is 35.9 Å². The SMILES string of the molecule is Cl.Cn1cnnc1-c1cccc(NC(=O)c2n[nH]c3c2CNCC3)c1. The minimum absolute atomic E-state index is 0. The maximum atomic E-state index is 12.6. The summed E-state index contributed by atoms with van der Waals surface area (Å²) in [4.78, 5) is 12.6. The molecule has 0 saturated heterocycles. The lowest BCUT2D eigenvalue weighted by atomic mass is 10.1. The predicted octanol–water partition coefficient (Wildman–Crippen LogP) is 1.52. The molecule has 9 heteroatoms. The van der Waals surface area contributed by atoms with Crippen LogP contribution in [0.5, 0.6) is 0 Å². The molecule has 1 aliphatic rings. The molecule has 3 aromatic rings. The lowest BCUT2D eigenvalue weighted by Gasteiger charge is -2.13. The highest BCUT2D eigenvalue weighted by atomic mass is 35.5. The van der Waals surface area contributed by atoms with Crippen molar-refractivity contribution in [3.63, 3.8) is 0 Å². The fourth-order valence-corrected chi connectivity index (χ4v) is 2.88. The van der Waals surface area contributed by atoms with E-state index in [-0.39, 0.29) is 18.3 Å². The monoisotopic (exact) mass is 359 g/mol. The molecule has 2 aromatic heterocycles. The van der Waals surface area contributed by atoms with Crippen LogP contribution in [0.3, 0.4) is 0 Å². The summed E-state index contributed by atoms with van der Waals surface area (Å²) in [6, 6.07) is 7.52. The van der Waals surface area contributed by atoms with E-state index in [0.717, 1.165) is 35.6 Å². The first kappa shape index (κ1) is 17.1. The zero-order chi connectivity index (χ0) is 16.5. The van der Waals surface area contributed by atoms with Gasteiger partial charge in [-0.05, 0) is 12.1 Å². The van der Waals surface area contributed by atoms with Gasteiger partial charge in [0.1, 0.15) is 6.33 Å². The molecule has 3 heterocycles. The van der Waals surface area contributed by atoms with Gasteiger partial charge in [0.15, 0.2) is 11.5 Å². The molecular formula is C16H18ClN7O. The van der Waals surface area contributed by atoms with Gasteiger partial charge in [0.2, 0.25) is 0 Å². The quantitative estimate of drug-likeness (QED) is 0.658. The Labute approximate surface area is 150 Å². The van der Waals surface area contributed by atoms with Crippen molar-refractivity contribution in [3.8, 4) is 11.4 Å². The smallest absolute Gasteiger partial charge is 0.276 e. The first-order valence-electron chi connectivity index (χ1n) is 7.75. The molecular weight excluding hydrogens is 342 g/mol. The number of nitrogens with one attached hydrogen (secondary N) is 3. The average Bonchev–Trinajstić information content (AvgIpc) is 3.21. The van der Waals surface area contributed by atoms with Gasteiger partial charge in [0, 0.05) is 49.1 Å². The molecule has 0 atom stereocenters. The van der Waals surface area contributed by atoms with E-state index in [1.165, 1.54) is 0 Å². The number of aromatic amines is 1. The zero-order valence-corrected chi connectivity index (χ0v) is 14.4. The summed E-state index contributed by atoms with van der Waals surface area (Å²) in [6.45, 7) is 1.56. The first-order valence-corrected chi connectivity index (χ1v) is 7.75. The number of carbonyl (C=O) groups excluding carboxylic acids is 1. The number of hydrogen-bond donors (Lipinski definition) is 3. The Bertz CT molecular complexity index is 902. The Balaban J connectivity index is 0.00000182. The molecule has 130 valence electrons. The number of amides is 1.